The predicted octanol–water partition coefficient (Wildman–Crippen LogP) is -1.11. The summed E-state index contributed by atoms with van der Waals surface area (Å²) in [5.74, 6) is -3.47. The third-order valence-corrected chi connectivity index (χ3v) is 8.96. The van der Waals surface area contributed by atoms with Gasteiger partial charge in [0, 0.05) is 18.3 Å². The number of rotatable bonds is 7. The summed E-state index contributed by atoms with van der Waals surface area (Å²) < 4.78 is 30.0. The first-order valence-corrected chi connectivity index (χ1v) is 11.9. The monoisotopic (exact) mass is 494 g/mol. The van der Waals surface area contributed by atoms with Crippen LogP contribution < -0.4 is 0 Å². The number of ether oxygens (including phenoxy) is 5. The van der Waals surface area contributed by atoms with Gasteiger partial charge in [0.1, 0.15) is 30.0 Å². The van der Waals surface area contributed by atoms with Gasteiger partial charge in [0.2, 0.25) is 0 Å². The quantitative estimate of drug-likeness (QED) is 0.292. The van der Waals surface area contributed by atoms with Gasteiger partial charge in [-0.3, -0.25) is 0 Å². The minimum absolute atomic E-state index is 0.105. The van der Waals surface area contributed by atoms with Crippen LogP contribution in [0.25, 0.3) is 0 Å². The number of carbonyl (C=O) groups excluding carboxylic acids is 1. The summed E-state index contributed by atoms with van der Waals surface area (Å²) >= 11 is 0. The summed E-state index contributed by atoms with van der Waals surface area (Å²) in [5.41, 5.74) is -2.92. The van der Waals surface area contributed by atoms with E-state index in [-0.39, 0.29) is 13.0 Å². The molecular formula is C24H30O11. The first-order valence-electron chi connectivity index (χ1n) is 11.9. The van der Waals surface area contributed by atoms with E-state index in [9.17, 15) is 30.3 Å². The van der Waals surface area contributed by atoms with E-state index in [0.717, 1.165) is 0 Å². The third-order valence-electron chi connectivity index (χ3n) is 8.96. The maximum atomic E-state index is 12.8. The summed E-state index contributed by atoms with van der Waals surface area (Å²) in [6, 6.07) is 8.50. The molecule has 4 saturated heterocycles. The van der Waals surface area contributed by atoms with Gasteiger partial charge < -0.3 is 49.2 Å². The van der Waals surface area contributed by atoms with Crippen molar-refractivity contribution in [2.24, 2.45) is 17.3 Å². The van der Waals surface area contributed by atoms with E-state index < -0.39 is 84.3 Å². The predicted molar refractivity (Wildman–Crippen MR) is 113 cm³/mol. The van der Waals surface area contributed by atoms with Gasteiger partial charge >= 0.3 is 5.97 Å². The van der Waals surface area contributed by atoms with Crippen LogP contribution in [0.3, 0.4) is 0 Å². The second-order valence-electron chi connectivity index (χ2n) is 10.6. The van der Waals surface area contributed by atoms with Crippen molar-refractivity contribution in [3.8, 4) is 0 Å². The van der Waals surface area contributed by atoms with E-state index in [1.807, 2.05) is 0 Å². The highest BCUT2D eigenvalue weighted by Crippen LogP contribution is 2.81. The normalized spacial score (nSPS) is 51.3. The Labute approximate surface area is 201 Å². The molecule has 0 amide bonds. The molecule has 35 heavy (non-hydrogen) atoms. The summed E-state index contributed by atoms with van der Waals surface area (Å²) in [6.07, 6.45) is -5.61. The van der Waals surface area contributed by atoms with Crippen LogP contribution in [-0.2, 0) is 23.7 Å². The van der Waals surface area contributed by atoms with Crippen molar-refractivity contribution < 1.29 is 54.0 Å². The average Bonchev–Trinajstić information content (AvgIpc) is 3.02. The van der Waals surface area contributed by atoms with Gasteiger partial charge in [-0.15, -0.1) is 0 Å². The fraction of sp³-hybridized carbons (Fsp3) is 0.708. The number of carbonyl (C=O) groups is 1. The zero-order valence-corrected chi connectivity index (χ0v) is 19.1. The number of aliphatic hydroxyl groups is 5. The van der Waals surface area contributed by atoms with Crippen LogP contribution in [-0.4, -0.2) is 99.2 Å². The molecule has 5 unspecified atom stereocenters. The molecule has 1 aromatic carbocycles. The summed E-state index contributed by atoms with van der Waals surface area (Å²) in [6.45, 7) is 0.530. The molecule has 8 rings (SSSR count). The van der Waals surface area contributed by atoms with Crippen molar-refractivity contribution in [1.29, 1.82) is 0 Å². The molecule has 4 heterocycles. The minimum Gasteiger partial charge on any atom is -0.461 e. The molecule has 11 heteroatoms. The van der Waals surface area contributed by atoms with Gasteiger partial charge in [0.25, 0.3) is 0 Å². The molecule has 4 aliphatic heterocycles. The Bertz CT molecular complexity index is 1010. The van der Waals surface area contributed by atoms with Crippen LogP contribution >= 0.6 is 0 Å². The molecule has 7 aliphatic rings. The van der Waals surface area contributed by atoms with Crippen molar-refractivity contribution in [3.63, 3.8) is 0 Å². The van der Waals surface area contributed by atoms with Crippen LogP contribution in [0.15, 0.2) is 30.3 Å². The van der Waals surface area contributed by atoms with Crippen LogP contribution in [0.1, 0.15) is 30.1 Å². The molecule has 11 nitrogen and oxygen atoms in total. The van der Waals surface area contributed by atoms with E-state index in [4.69, 9.17) is 23.7 Å². The van der Waals surface area contributed by atoms with Crippen molar-refractivity contribution >= 4 is 5.97 Å². The second-order valence-corrected chi connectivity index (χ2v) is 10.6. The van der Waals surface area contributed by atoms with Gasteiger partial charge in [0.05, 0.1) is 30.3 Å². The van der Waals surface area contributed by atoms with Gasteiger partial charge in [-0.25, -0.2) is 4.79 Å². The van der Waals surface area contributed by atoms with Crippen molar-refractivity contribution in [3.05, 3.63) is 35.9 Å². The van der Waals surface area contributed by atoms with Crippen LogP contribution in [0.2, 0.25) is 0 Å². The molecule has 0 aromatic heterocycles. The lowest BCUT2D eigenvalue weighted by molar-refractivity contribution is -0.423. The lowest BCUT2D eigenvalue weighted by Crippen LogP contribution is -2.80. The number of benzene rings is 1. The Morgan fingerprint density at radius 1 is 1.11 bits per heavy atom. The van der Waals surface area contributed by atoms with Gasteiger partial charge in [-0.05, 0) is 25.5 Å². The standard InChI is InChI=1S/C24H30O11/c1-21-10-23(30)15-7-24(21,33-19-17(28)13(8-25)16(27)14(9-26)32-19)22(15,20(34-21)35-23)11-31-18(29)12-5-3-2-4-6-12/h2-6,13-17,19-20,25-28,30H,7-11H2,1H3/t13?,14?,15-,16?,17?,19?,20-,21-,22-,23+,24+/m0/s1. The zero-order valence-electron chi connectivity index (χ0n) is 19.1. The number of hydrogen-bond donors (Lipinski definition) is 5. The van der Waals surface area contributed by atoms with E-state index in [2.05, 4.69) is 0 Å². The smallest absolute Gasteiger partial charge is 0.338 e. The van der Waals surface area contributed by atoms with Crippen molar-refractivity contribution in [2.75, 3.05) is 19.8 Å². The first-order chi connectivity index (χ1) is 16.6. The molecule has 5 N–H and O–H groups in total. The Balaban J connectivity index is 1.32. The molecule has 0 spiro atoms. The molecule has 3 saturated carbocycles. The van der Waals surface area contributed by atoms with Crippen molar-refractivity contribution in [2.45, 2.75) is 67.6 Å². The van der Waals surface area contributed by atoms with Crippen LogP contribution in [0.4, 0.5) is 0 Å². The van der Waals surface area contributed by atoms with Crippen LogP contribution in [0, 0.1) is 17.3 Å². The Kier molecular flexibility index (Phi) is 5.20. The number of esters is 1. The topological polar surface area (TPSA) is 164 Å². The van der Waals surface area contributed by atoms with Crippen LogP contribution in [0.5, 0.6) is 0 Å². The minimum atomic E-state index is -1.47. The SMILES string of the molecule is C[C@@]12C[C@@]3(O)O[C@H](O1)[C@]1(COC(=O)c4ccccc4)[C@@H]3C[C@]12OC1OC(CO)C(O)C(CO)C1O. The highest BCUT2D eigenvalue weighted by Gasteiger charge is 2.94. The Morgan fingerprint density at radius 3 is 2.54 bits per heavy atom. The first kappa shape index (κ1) is 23.7. The van der Waals surface area contributed by atoms with E-state index in [1.165, 1.54) is 0 Å². The summed E-state index contributed by atoms with van der Waals surface area (Å²) in [5, 5.41) is 51.9. The summed E-state index contributed by atoms with van der Waals surface area (Å²) in [4.78, 5) is 12.8. The molecule has 7 fully saturated rings. The molecular weight excluding hydrogens is 464 g/mol. The molecule has 0 radical (unpaired) electrons. The molecule has 11 atom stereocenters. The molecule has 1 aromatic rings. The number of hydrogen-bond acceptors (Lipinski definition) is 11. The number of aliphatic hydroxyl groups excluding tert-OH is 4. The van der Waals surface area contributed by atoms with Gasteiger partial charge in [0.15, 0.2) is 18.4 Å². The average molecular weight is 494 g/mol. The highest BCUT2D eigenvalue weighted by atomic mass is 16.8. The second kappa shape index (κ2) is 7.67. The Morgan fingerprint density at radius 2 is 1.86 bits per heavy atom. The van der Waals surface area contributed by atoms with Gasteiger partial charge in [-0.2, -0.15) is 0 Å². The maximum Gasteiger partial charge on any atom is 0.338 e. The molecule has 192 valence electrons. The molecule has 6 bridgehead atoms. The van der Waals surface area contributed by atoms with Gasteiger partial charge in [-0.1, -0.05) is 18.2 Å². The molecule has 3 aliphatic carbocycles. The third kappa shape index (κ3) is 2.84. The lowest BCUT2D eigenvalue weighted by Gasteiger charge is -2.67. The lowest BCUT2D eigenvalue weighted by atomic mass is 9.41. The van der Waals surface area contributed by atoms with E-state index in [1.54, 1.807) is 37.3 Å². The highest BCUT2D eigenvalue weighted by molar-refractivity contribution is 5.89. The fourth-order valence-corrected chi connectivity index (χ4v) is 7.19. The van der Waals surface area contributed by atoms with Crippen molar-refractivity contribution in [1.82, 2.24) is 0 Å². The van der Waals surface area contributed by atoms with E-state index in [0.29, 0.717) is 12.0 Å². The van der Waals surface area contributed by atoms with E-state index >= 15 is 0 Å². The maximum absolute atomic E-state index is 12.8. The fourth-order valence-electron chi connectivity index (χ4n) is 7.19. The summed E-state index contributed by atoms with van der Waals surface area (Å²) in [7, 11) is 0. The Hall–Kier alpha value is -1.67. The largest absolute Gasteiger partial charge is 0.461 e. The zero-order chi connectivity index (χ0) is 24.8.